The number of hydrogen-bond donors (Lipinski definition) is 3. The standard InChI is InChI=1S/C27H34N2O5/c1-27(2,3)34-26(33)29-17-21-8-6-10-23(15-21)22(13-14-28-19-31)9-5-4-7-20-11-12-24(18-30)25(32)16-20/h4,6-8,10-12,15-16,18-19,22,32H,5,9,13-14,17H2,1-3H3,(H,28,31)(H,29,33)/b7-4+. The number of hydrogen-bond acceptors (Lipinski definition) is 5. The van der Waals surface area contributed by atoms with Crippen LogP contribution in [0, 0.1) is 0 Å². The Morgan fingerprint density at radius 1 is 1.12 bits per heavy atom. The van der Waals surface area contributed by atoms with Gasteiger partial charge in [-0.1, -0.05) is 42.5 Å². The minimum absolute atomic E-state index is 0.0354. The number of aldehydes is 1. The van der Waals surface area contributed by atoms with Crippen LogP contribution < -0.4 is 10.6 Å². The second-order valence-corrected chi connectivity index (χ2v) is 9.07. The summed E-state index contributed by atoms with van der Waals surface area (Å²) in [5.41, 5.74) is 2.64. The van der Waals surface area contributed by atoms with Crippen molar-refractivity contribution in [3.8, 4) is 5.75 Å². The van der Waals surface area contributed by atoms with E-state index in [9.17, 15) is 19.5 Å². The topological polar surface area (TPSA) is 105 Å². The predicted molar refractivity (Wildman–Crippen MR) is 133 cm³/mol. The van der Waals surface area contributed by atoms with Crippen molar-refractivity contribution in [2.24, 2.45) is 0 Å². The van der Waals surface area contributed by atoms with Crippen LogP contribution in [-0.4, -0.2) is 36.0 Å². The molecule has 2 amide bonds. The summed E-state index contributed by atoms with van der Waals surface area (Å²) in [6.07, 6.45) is 7.25. The highest BCUT2D eigenvalue weighted by molar-refractivity contribution is 5.79. The molecule has 2 rings (SSSR count). The van der Waals surface area contributed by atoms with E-state index in [4.69, 9.17) is 4.74 Å². The van der Waals surface area contributed by atoms with Gasteiger partial charge in [0.05, 0.1) is 5.56 Å². The third-order valence-corrected chi connectivity index (χ3v) is 5.15. The summed E-state index contributed by atoms with van der Waals surface area (Å²) in [5, 5.41) is 15.3. The van der Waals surface area contributed by atoms with Crippen LogP contribution in [0.5, 0.6) is 5.75 Å². The monoisotopic (exact) mass is 466 g/mol. The highest BCUT2D eigenvalue weighted by atomic mass is 16.6. The van der Waals surface area contributed by atoms with E-state index in [0.29, 0.717) is 25.8 Å². The number of rotatable bonds is 12. The lowest BCUT2D eigenvalue weighted by Gasteiger charge is -2.20. The minimum atomic E-state index is -0.550. The molecule has 182 valence electrons. The largest absolute Gasteiger partial charge is 0.507 e. The first-order valence-electron chi connectivity index (χ1n) is 11.4. The Morgan fingerprint density at radius 2 is 1.91 bits per heavy atom. The molecule has 0 saturated carbocycles. The summed E-state index contributed by atoms with van der Waals surface area (Å²) in [7, 11) is 0. The number of amides is 2. The molecule has 0 radical (unpaired) electrons. The molecule has 0 bridgehead atoms. The van der Waals surface area contributed by atoms with Crippen molar-refractivity contribution in [2.75, 3.05) is 6.54 Å². The first-order chi connectivity index (χ1) is 16.2. The molecule has 0 spiro atoms. The van der Waals surface area contributed by atoms with Gasteiger partial charge in [-0.15, -0.1) is 0 Å². The molecule has 0 aromatic heterocycles. The van der Waals surface area contributed by atoms with Gasteiger partial charge in [0.2, 0.25) is 6.41 Å². The minimum Gasteiger partial charge on any atom is -0.507 e. The van der Waals surface area contributed by atoms with Gasteiger partial charge in [0.1, 0.15) is 11.4 Å². The van der Waals surface area contributed by atoms with Crippen LogP contribution in [0.15, 0.2) is 48.5 Å². The molecule has 0 aliphatic heterocycles. The SMILES string of the molecule is CC(C)(C)OC(=O)NCc1cccc(C(CC/C=C/c2ccc(C=O)c(O)c2)CCNC=O)c1. The Labute approximate surface area is 201 Å². The molecule has 2 aromatic rings. The zero-order chi connectivity index (χ0) is 25.0. The smallest absolute Gasteiger partial charge is 0.407 e. The number of ether oxygens (including phenoxy) is 1. The third-order valence-electron chi connectivity index (χ3n) is 5.15. The van der Waals surface area contributed by atoms with Gasteiger partial charge in [-0.3, -0.25) is 9.59 Å². The molecule has 1 atom stereocenters. The van der Waals surface area contributed by atoms with E-state index >= 15 is 0 Å². The predicted octanol–water partition coefficient (Wildman–Crippen LogP) is 4.94. The Balaban J connectivity index is 2.02. The average molecular weight is 467 g/mol. The summed E-state index contributed by atoms with van der Waals surface area (Å²) in [6, 6.07) is 13.0. The fourth-order valence-electron chi connectivity index (χ4n) is 3.52. The average Bonchev–Trinajstić information content (AvgIpc) is 2.78. The Kier molecular flexibility index (Phi) is 10.3. The zero-order valence-corrected chi connectivity index (χ0v) is 20.0. The lowest BCUT2D eigenvalue weighted by Crippen LogP contribution is -2.32. The third kappa shape index (κ3) is 9.48. The van der Waals surface area contributed by atoms with E-state index < -0.39 is 11.7 Å². The molecule has 2 aromatic carbocycles. The van der Waals surface area contributed by atoms with Gasteiger partial charge in [-0.25, -0.2) is 4.79 Å². The summed E-state index contributed by atoms with van der Waals surface area (Å²) in [5.74, 6) is 0.177. The molecular formula is C27H34N2O5. The fraction of sp³-hybridized carbons (Fsp3) is 0.370. The normalized spacial score (nSPS) is 12.2. The van der Waals surface area contributed by atoms with Crippen molar-refractivity contribution in [3.63, 3.8) is 0 Å². The van der Waals surface area contributed by atoms with Crippen molar-refractivity contribution in [2.45, 2.75) is 58.1 Å². The van der Waals surface area contributed by atoms with E-state index in [1.165, 1.54) is 0 Å². The van der Waals surface area contributed by atoms with Crippen LogP contribution in [0.4, 0.5) is 4.79 Å². The molecule has 1 unspecified atom stereocenters. The lowest BCUT2D eigenvalue weighted by molar-refractivity contribution is -0.109. The van der Waals surface area contributed by atoms with Gasteiger partial charge < -0.3 is 20.5 Å². The van der Waals surface area contributed by atoms with E-state index in [-0.39, 0.29) is 17.2 Å². The Morgan fingerprint density at radius 3 is 2.59 bits per heavy atom. The molecule has 3 N–H and O–H groups in total. The highest BCUT2D eigenvalue weighted by Crippen LogP contribution is 2.26. The van der Waals surface area contributed by atoms with Gasteiger partial charge in [-0.05, 0) is 74.8 Å². The van der Waals surface area contributed by atoms with Crippen LogP contribution in [0.3, 0.4) is 0 Å². The van der Waals surface area contributed by atoms with E-state index in [1.807, 2.05) is 45.1 Å². The summed E-state index contributed by atoms with van der Waals surface area (Å²) < 4.78 is 5.29. The molecule has 0 heterocycles. The maximum atomic E-state index is 12.0. The van der Waals surface area contributed by atoms with Gasteiger partial charge in [0.25, 0.3) is 0 Å². The number of allylic oxidation sites excluding steroid dienone is 1. The lowest BCUT2D eigenvalue weighted by atomic mass is 9.90. The second-order valence-electron chi connectivity index (χ2n) is 9.07. The van der Waals surface area contributed by atoms with E-state index in [2.05, 4.69) is 22.8 Å². The van der Waals surface area contributed by atoms with Crippen molar-refractivity contribution in [3.05, 3.63) is 70.8 Å². The molecule has 0 aliphatic carbocycles. The molecule has 34 heavy (non-hydrogen) atoms. The van der Waals surface area contributed by atoms with Crippen LogP contribution >= 0.6 is 0 Å². The first-order valence-corrected chi connectivity index (χ1v) is 11.4. The maximum Gasteiger partial charge on any atom is 0.407 e. The molecule has 0 aliphatic rings. The number of nitrogens with one attached hydrogen (secondary N) is 2. The number of phenols is 1. The maximum absolute atomic E-state index is 12.0. The van der Waals surface area contributed by atoms with Crippen molar-refractivity contribution in [1.29, 1.82) is 0 Å². The summed E-state index contributed by atoms with van der Waals surface area (Å²) in [4.78, 5) is 33.5. The van der Waals surface area contributed by atoms with Crippen LogP contribution in [0.1, 0.15) is 73.0 Å². The number of aromatic hydroxyl groups is 1. The second kappa shape index (κ2) is 13.2. The summed E-state index contributed by atoms with van der Waals surface area (Å²) in [6.45, 7) is 6.40. The van der Waals surface area contributed by atoms with E-state index in [1.54, 1.807) is 18.2 Å². The van der Waals surface area contributed by atoms with Crippen LogP contribution in [-0.2, 0) is 16.1 Å². The fourth-order valence-corrected chi connectivity index (χ4v) is 3.52. The first kappa shape index (κ1) is 26.6. The van der Waals surface area contributed by atoms with E-state index in [0.717, 1.165) is 36.0 Å². The molecular weight excluding hydrogens is 432 g/mol. The highest BCUT2D eigenvalue weighted by Gasteiger charge is 2.16. The van der Waals surface area contributed by atoms with Gasteiger partial charge in [-0.2, -0.15) is 0 Å². The molecule has 7 heteroatoms. The number of carbonyl (C=O) groups excluding carboxylic acids is 3. The molecule has 0 saturated heterocycles. The Bertz CT molecular complexity index is 995. The summed E-state index contributed by atoms with van der Waals surface area (Å²) >= 11 is 0. The quantitative estimate of drug-likeness (QED) is 0.303. The van der Waals surface area contributed by atoms with Crippen molar-refractivity contribution in [1.82, 2.24) is 10.6 Å². The zero-order valence-electron chi connectivity index (χ0n) is 20.0. The van der Waals surface area contributed by atoms with Gasteiger partial charge in [0.15, 0.2) is 6.29 Å². The number of benzene rings is 2. The van der Waals surface area contributed by atoms with Crippen molar-refractivity contribution >= 4 is 24.9 Å². The number of carbonyl (C=O) groups is 3. The van der Waals surface area contributed by atoms with Crippen LogP contribution in [0.2, 0.25) is 0 Å². The van der Waals surface area contributed by atoms with Crippen molar-refractivity contribution < 1.29 is 24.2 Å². The number of alkyl carbamates (subject to hydrolysis) is 1. The number of phenolic OH excluding ortho intramolecular Hbond substituents is 1. The van der Waals surface area contributed by atoms with Crippen LogP contribution in [0.25, 0.3) is 6.08 Å². The van der Waals surface area contributed by atoms with Gasteiger partial charge >= 0.3 is 6.09 Å². The Hall–Kier alpha value is -3.61. The van der Waals surface area contributed by atoms with Gasteiger partial charge in [0, 0.05) is 13.1 Å². The molecule has 0 fully saturated rings. The molecule has 7 nitrogen and oxygen atoms in total.